The Balaban J connectivity index is 2.27. The second-order valence-corrected chi connectivity index (χ2v) is 5.18. The highest BCUT2D eigenvalue weighted by molar-refractivity contribution is 6.34. The van der Waals surface area contributed by atoms with Crippen molar-refractivity contribution in [3.63, 3.8) is 0 Å². The molecule has 0 radical (unpaired) electrons. The fourth-order valence-electron chi connectivity index (χ4n) is 2.42. The van der Waals surface area contributed by atoms with Crippen LogP contribution in [0.2, 0.25) is 5.02 Å². The van der Waals surface area contributed by atoms with E-state index in [-0.39, 0.29) is 11.9 Å². The number of esters is 1. The van der Waals surface area contributed by atoms with Crippen molar-refractivity contribution in [1.82, 2.24) is 4.90 Å². The average Bonchev–Trinajstić information content (AvgIpc) is 2.46. The minimum Gasteiger partial charge on any atom is -0.467 e. The van der Waals surface area contributed by atoms with E-state index in [2.05, 4.69) is 0 Å². The molecule has 1 aromatic rings. The molecule has 1 unspecified atom stereocenters. The van der Waals surface area contributed by atoms with E-state index in [0.29, 0.717) is 29.2 Å². The lowest BCUT2D eigenvalue weighted by atomic mass is 10.0. The van der Waals surface area contributed by atoms with Crippen LogP contribution in [-0.2, 0) is 9.53 Å². The molecule has 0 aromatic heterocycles. The minimum atomic E-state index is -0.533. The van der Waals surface area contributed by atoms with Gasteiger partial charge in [-0.1, -0.05) is 11.6 Å². The number of nitrogens with two attached hydrogens (primary N) is 1. The summed E-state index contributed by atoms with van der Waals surface area (Å²) in [5, 5.41) is 0.296. The van der Waals surface area contributed by atoms with Crippen LogP contribution in [0.4, 0.5) is 5.69 Å². The lowest BCUT2D eigenvalue weighted by Crippen LogP contribution is -2.48. The predicted molar refractivity (Wildman–Crippen MR) is 76.6 cm³/mol. The van der Waals surface area contributed by atoms with Crippen LogP contribution in [0.3, 0.4) is 0 Å². The molecular formula is C14H17ClN2O3. The summed E-state index contributed by atoms with van der Waals surface area (Å²) in [7, 11) is 1.33. The summed E-state index contributed by atoms with van der Waals surface area (Å²) in [6, 6.07) is 4.21. The first-order chi connectivity index (χ1) is 9.54. The first kappa shape index (κ1) is 14.7. The van der Waals surface area contributed by atoms with Crippen molar-refractivity contribution < 1.29 is 14.3 Å². The summed E-state index contributed by atoms with van der Waals surface area (Å²) in [5.41, 5.74) is 6.47. The second kappa shape index (κ2) is 6.13. The molecule has 1 amide bonds. The van der Waals surface area contributed by atoms with E-state index in [0.717, 1.165) is 12.8 Å². The SMILES string of the molecule is COC(=O)C1CCCCN1C(=O)c1ccc(N)cc1Cl. The third-order valence-corrected chi connectivity index (χ3v) is 3.77. The Kier molecular flexibility index (Phi) is 4.49. The van der Waals surface area contributed by atoms with E-state index in [1.165, 1.54) is 18.1 Å². The van der Waals surface area contributed by atoms with Crippen LogP contribution in [0, 0.1) is 0 Å². The zero-order valence-electron chi connectivity index (χ0n) is 11.3. The Morgan fingerprint density at radius 2 is 2.15 bits per heavy atom. The van der Waals surface area contributed by atoms with Gasteiger partial charge in [-0.2, -0.15) is 0 Å². The number of amides is 1. The zero-order chi connectivity index (χ0) is 14.7. The van der Waals surface area contributed by atoms with Crippen molar-refractivity contribution in [2.24, 2.45) is 0 Å². The molecule has 1 fully saturated rings. The number of methoxy groups -OCH3 is 1. The molecule has 1 heterocycles. The van der Waals surface area contributed by atoms with E-state index in [1.807, 2.05) is 0 Å². The molecule has 2 N–H and O–H groups in total. The van der Waals surface area contributed by atoms with Gasteiger partial charge in [0.15, 0.2) is 0 Å². The third-order valence-electron chi connectivity index (χ3n) is 3.46. The number of hydrogen-bond donors (Lipinski definition) is 1. The van der Waals surface area contributed by atoms with Crippen molar-refractivity contribution in [2.75, 3.05) is 19.4 Å². The van der Waals surface area contributed by atoms with Gasteiger partial charge in [-0.25, -0.2) is 4.79 Å². The number of likely N-dealkylation sites (tertiary alicyclic amines) is 1. The molecular weight excluding hydrogens is 280 g/mol. The molecule has 6 heteroatoms. The van der Waals surface area contributed by atoms with E-state index >= 15 is 0 Å². The van der Waals surface area contributed by atoms with Gasteiger partial charge in [-0.3, -0.25) is 4.79 Å². The Morgan fingerprint density at radius 1 is 1.40 bits per heavy atom. The van der Waals surface area contributed by atoms with Crippen LogP contribution in [0.1, 0.15) is 29.6 Å². The summed E-state index contributed by atoms with van der Waals surface area (Å²) >= 11 is 6.06. The Labute approximate surface area is 122 Å². The van der Waals surface area contributed by atoms with Gasteiger partial charge in [0, 0.05) is 12.2 Å². The molecule has 1 saturated heterocycles. The van der Waals surface area contributed by atoms with Gasteiger partial charge in [0.25, 0.3) is 5.91 Å². The number of carbonyl (C=O) groups is 2. The molecule has 0 bridgehead atoms. The molecule has 1 aliphatic heterocycles. The molecule has 20 heavy (non-hydrogen) atoms. The van der Waals surface area contributed by atoms with E-state index in [9.17, 15) is 9.59 Å². The number of piperidine rings is 1. The number of hydrogen-bond acceptors (Lipinski definition) is 4. The minimum absolute atomic E-state index is 0.259. The van der Waals surface area contributed by atoms with Crippen LogP contribution in [0.25, 0.3) is 0 Å². The van der Waals surface area contributed by atoms with Crippen molar-refractivity contribution in [2.45, 2.75) is 25.3 Å². The molecule has 0 saturated carbocycles. The van der Waals surface area contributed by atoms with Gasteiger partial charge in [0.05, 0.1) is 17.7 Å². The van der Waals surface area contributed by atoms with Crippen LogP contribution in [0.5, 0.6) is 0 Å². The van der Waals surface area contributed by atoms with Crippen LogP contribution >= 0.6 is 11.6 Å². The monoisotopic (exact) mass is 296 g/mol. The molecule has 1 aliphatic rings. The predicted octanol–water partition coefficient (Wildman–Crippen LogP) is 2.09. The Morgan fingerprint density at radius 3 is 2.80 bits per heavy atom. The summed E-state index contributed by atoms with van der Waals surface area (Å²) in [5.74, 6) is -0.644. The van der Waals surface area contributed by atoms with Crippen LogP contribution in [0.15, 0.2) is 18.2 Å². The van der Waals surface area contributed by atoms with Crippen molar-refractivity contribution >= 4 is 29.2 Å². The molecule has 108 valence electrons. The smallest absolute Gasteiger partial charge is 0.328 e. The number of anilines is 1. The van der Waals surface area contributed by atoms with E-state index < -0.39 is 6.04 Å². The first-order valence-electron chi connectivity index (χ1n) is 6.48. The lowest BCUT2D eigenvalue weighted by molar-refractivity contribution is -0.147. The van der Waals surface area contributed by atoms with Gasteiger partial charge in [0.2, 0.25) is 0 Å². The zero-order valence-corrected chi connectivity index (χ0v) is 12.0. The summed E-state index contributed by atoms with van der Waals surface area (Å²) in [4.78, 5) is 25.9. The number of carbonyl (C=O) groups excluding carboxylic acids is 2. The summed E-state index contributed by atoms with van der Waals surface area (Å²) < 4.78 is 4.77. The van der Waals surface area contributed by atoms with Crippen LogP contribution < -0.4 is 5.73 Å². The quantitative estimate of drug-likeness (QED) is 0.670. The van der Waals surface area contributed by atoms with Gasteiger partial charge in [-0.15, -0.1) is 0 Å². The van der Waals surface area contributed by atoms with Crippen molar-refractivity contribution in [1.29, 1.82) is 0 Å². The largest absolute Gasteiger partial charge is 0.467 e. The molecule has 0 aliphatic carbocycles. The van der Waals surface area contributed by atoms with Crippen molar-refractivity contribution in [3.8, 4) is 0 Å². The molecule has 5 nitrogen and oxygen atoms in total. The van der Waals surface area contributed by atoms with Gasteiger partial charge < -0.3 is 15.4 Å². The highest BCUT2D eigenvalue weighted by Gasteiger charge is 2.33. The molecule has 0 spiro atoms. The molecule has 2 rings (SSSR count). The standard InChI is InChI=1S/C14H17ClN2O3/c1-20-14(19)12-4-2-3-7-17(12)13(18)10-6-5-9(16)8-11(10)15/h5-6,8,12H,2-4,7,16H2,1H3. The summed E-state index contributed by atoms with van der Waals surface area (Å²) in [6.07, 6.45) is 2.38. The fourth-order valence-corrected chi connectivity index (χ4v) is 2.69. The average molecular weight is 297 g/mol. The van der Waals surface area contributed by atoms with Gasteiger partial charge in [0.1, 0.15) is 6.04 Å². The number of nitrogen functional groups attached to an aromatic ring is 1. The van der Waals surface area contributed by atoms with Gasteiger partial charge in [-0.05, 0) is 37.5 Å². The first-order valence-corrected chi connectivity index (χ1v) is 6.86. The summed E-state index contributed by atoms with van der Waals surface area (Å²) in [6.45, 7) is 0.527. The normalized spacial score (nSPS) is 18.7. The maximum atomic E-state index is 12.6. The molecule has 1 atom stereocenters. The highest BCUT2D eigenvalue weighted by Crippen LogP contribution is 2.25. The third kappa shape index (κ3) is 2.88. The number of halogens is 1. The number of ether oxygens (including phenoxy) is 1. The van der Waals surface area contributed by atoms with Crippen molar-refractivity contribution in [3.05, 3.63) is 28.8 Å². The highest BCUT2D eigenvalue weighted by atomic mass is 35.5. The number of nitrogens with zero attached hydrogens (tertiary/aromatic N) is 1. The van der Waals surface area contributed by atoms with E-state index in [4.69, 9.17) is 22.1 Å². The molecule has 1 aromatic carbocycles. The fraction of sp³-hybridized carbons (Fsp3) is 0.429. The maximum absolute atomic E-state index is 12.6. The topological polar surface area (TPSA) is 72.6 Å². The Bertz CT molecular complexity index is 533. The second-order valence-electron chi connectivity index (χ2n) is 4.77. The van der Waals surface area contributed by atoms with Gasteiger partial charge >= 0.3 is 5.97 Å². The number of benzene rings is 1. The Hall–Kier alpha value is -1.75. The maximum Gasteiger partial charge on any atom is 0.328 e. The van der Waals surface area contributed by atoms with Crippen LogP contribution in [-0.4, -0.2) is 36.5 Å². The lowest BCUT2D eigenvalue weighted by Gasteiger charge is -2.34. The number of rotatable bonds is 2. The van der Waals surface area contributed by atoms with E-state index in [1.54, 1.807) is 12.1 Å².